The topological polar surface area (TPSA) is 17.3 Å². The van der Waals surface area contributed by atoms with E-state index in [0.717, 1.165) is 10.2 Å². The van der Waals surface area contributed by atoms with Gasteiger partial charge in [-0.2, -0.15) is 0 Å². The molecular weight excluding hydrogens is 191 g/mol. The zero-order chi connectivity index (χ0) is 6.97. The third-order valence-electron chi connectivity index (χ3n) is 1.38. The van der Waals surface area contributed by atoms with Crippen molar-refractivity contribution in [3.8, 4) is 0 Å². The Morgan fingerprint density at radius 3 is 3.10 bits per heavy atom. The maximum atomic E-state index is 4.15. The molecule has 49 valence electrons. The second-order valence-electron chi connectivity index (χ2n) is 2.03. The summed E-state index contributed by atoms with van der Waals surface area (Å²) in [6, 6.07) is 5.93. The average Bonchev–Trinajstić information content (AvgIpc) is 2.34. The zero-order valence-electron chi connectivity index (χ0n) is 5.19. The van der Waals surface area contributed by atoms with Crippen LogP contribution in [-0.2, 0) is 0 Å². The van der Waals surface area contributed by atoms with Crippen molar-refractivity contribution in [2.75, 3.05) is 0 Å². The predicted molar refractivity (Wildman–Crippen MR) is 40.6 cm³/mol. The van der Waals surface area contributed by atoms with Crippen LogP contribution in [0.4, 0.5) is 0 Å². The van der Waals surface area contributed by atoms with Crippen LogP contribution in [0.15, 0.2) is 30.6 Å². The second kappa shape index (κ2) is 2.11. The number of aromatic nitrogens is 2. The molecule has 0 saturated carbocycles. The van der Waals surface area contributed by atoms with Gasteiger partial charge < -0.3 is 0 Å². The van der Waals surface area contributed by atoms with Gasteiger partial charge in [-0.05, 0) is 0 Å². The number of rotatable bonds is 0. The third kappa shape index (κ3) is 0.753. The summed E-state index contributed by atoms with van der Waals surface area (Å²) in [4.78, 5) is 4.15. The van der Waals surface area contributed by atoms with Gasteiger partial charge in [0.15, 0.2) is 0 Å². The van der Waals surface area contributed by atoms with E-state index in [0.29, 0.717) is 0 Å². The third-order valence-corrected chi connectivity index (χ3v) is 2.02. The normalized spacial score (nSPS) is 10.4. The van der Waals surface area contributed by atoms with Gasteiger partial charge in [-0.25, -0.2) is 0 Å². The fourth-order valence-electron chi connectivity index (χ4n) is 0.909. The summed E-state index contributed by atoms with van der Waals surface area (Å²) < 4.78 is 3.05. The molecule has 2 nitrogen and oxygen atoms in total. The molecule has 0 bridgehead atoms. The molecule has 0 atom stereocenters. The predicted octanol–water partition coefficient (Wildman–Crippen LogP) is 0.128. The molecule has 2 aromatic heterocycles. The first kappa shape index (κ1) is 5.95. The minimum absolute atomic E-state index is 0.983. The van der Waals surface area contributed by atoms with Gasteiger partial charge in [-0.15, -0.1) is 0 Å². The Hall–Kier alpha value is -0.791. The van der Waals surface area contributed by atoms with Crippen LogP contribution in [0.2, 0.25) is 0 Å². The van der Waals surface area contributed by atoms with Gasteiger partial charge in [0.25, 0.3) is 0 Å². The summed E-state index contributed by atoms with van der Waals surface area (Å²) >= 11 is 2.93. The number of pyridine rings is 1. The van der Waals surface area contributed by atoms with E-state index in [1.807, 2.05) is 35.0 Å². The van der Waals surface area contributed by atoms with Gasteiger partial charge in [0.1, 0.15) is 0 Å². The van der Waals surface area contributed by atoms with Gasteiger partial charge >= 0.3 is 66.2 Å². The molecule has 0 amide bonds. The molecule has 3 heteroatoms. The van der Waals surface area contributed by atoms with Crippen LogP contribution in [0.5, 0.6) is 0 Å². The van der Waals surface area contributed by atoms with Crippen molar-refractivity contribution in [2.24, 2.45) is 0 Å². The molecule has 0 fully saturated rings. The molecule has 0 unspecified atom stereocenters. The van der Waals surface area contributed by atoms with Gasteiger partial charge in [0.05, 0.1) is 0 Å². The SMILES string of the molecule is [Se]c1cnc2ccccn12. The molecule has 2 heterocycles. The van der Waals surface area contributed by atoms with Crippen molar-refractivity contribution >= 4 is 26.3 Å². The van der Waals surface area contributed by atoms with Crippen LogP contribution in [0, 0.1) is 0 Å². The van der Waals surface area contributed by atoms with E-state index in [9.17, 15) is 0 Å². The van der Waals surface area contributed by atoms with Crippen LogP contribution < -0.4 is 4.59 Å². The molecule has 2 aromatic rings. The molecule has 0 aliphatic carbocycles. The molecule has 0 spiro atoms. The summed E-state index contributed by atoms with van der Waals surface area (Å²) in [5.74, 6) is 0. The number of fused-ring (bicyclic) bond motifs is 1. The Bertz CT molecular complexity index is 353. The molecule has 0 aliphatic heterocycles. The van der Waals surface area contributed by atoms with Crippen LogP contribution in [0.1, 0.15) is 0 Å². The fraction of sp³-hybridized carbons (Fsp3) is 0. The van der Waals surface area contributed by atoms with E-state index >= 15 is 0 Å². The first-order chi connectivity index (χ1) is 4.88. The molecule has 2 rings (SSSR count). The number of hydrogen-bond donors (Lipinski definition) is 0. The number of nitrogens with zero attached hydrogens (tertiary/aromatic N) is 2. The second-order valence-corrected chi connectivity index (χ2v) is 2.90. The first-order valence-electron chi connectivity index (χ1n) is 2.97. The first-order valence-corrected chi connectivity index (χ1v) is 3.83. The Kier molecular flexibility index (Phi) is 1.26. The molecular formula is C7H5N2Se. The quantitative estimate of drug-likeness (QED) is 0.547. The summed E-state index contributed by atoms with van der Waals surface area (Å²) in [6.45, 7) is 0. The van der Waals surface area contributed by atoms with Crippen LogP contribution in [0.25, 0.3) is 5.65 Å². The van der Waals surface area contributed by atoms with Crippen molar-refractivity contribution in [2.45, 2.75) is 0 Å². The summed E-state index contributed by atoms with van der Waals surface area (Å²) in [5.41, 5.74) is 0.983. The molecule has 0 saturated heterocycles. The maximum absolute atomic E-state index is 4.15. The molecule has 0 aromatic carbocycles. The molecule has 0 N–H and O–H groups in total. The molecule has 1 radical (unpaired) electrons. The Balaban J connectivity index is 2.93. The fourth-order valence-corrected chi connectivity index (χ4v) is 1.34. The van der Waals surface area contributed by atoms with E-state index in [1.54, 1.807) is 0 Å². The Labute approximate surface area is 66.7 Å². The Morgan fingerprint density at radius 2 is 2.30 bits per heavy atom. The van der Waals surface area contributed by atoms with E-state index in [1.165, 1.54) is 0 Å². The van der Waals surface area contributed by atoms with Gasteiger partial charge in [-0.1, -0.05) is 0 Å². The van der Waals surface area contributed by atoms with Crippen molar-refractivity contribution < 1.29 is 0 Å². The number of hydrogen-bond acceptors (Lipinski definition) is 1. The summed E-state index contributed by atoms with van der Waals surface area (Å²) in [7, 11) is 0. The van der Waals surface area contributed by atoms with Crippen LogP contribution >= 0.6 is 0 Å². The van der Waals surface area contributed by atoms with E-state index in [-0.39, 0.29) is 0 Å². The molecule has 10 heavy (non-hydrogen) atoms. The van der Waals surface area contributed by atoms with E-state index in [4.69, 9.17) is 0 Å². The standard InChI is InChI=1S/C7H5N2Se/c10-7-5-8-6-3-1-2-4-9(6)7/h1-5H. The van der Waals surface area contributed by atoms with Crippen molar-refractivity contribution in [3.05, 3.63) is 30.6 Å². The van der Waals surface area contributed by atoms with Gasteiger partial charge in [-0.3, -0.25) is 0 Å². The Morgan fingerprint density at radius 1 is 1.40 bits per heavy atom. The van der Waals surface area contributed by atoms with Gasteiger partial charge in [0.2, 0.25) is 0 Å². The van der Waals surface area contributed by atoms with Crippen molar-refractivity contribution in [3.63, 3.8) is 0 Å². The van der Waals surface area contributed by atoms with E-state index < -0.39 is 0 Å². The average molecular weight is 196 g/mol. The monoisotopic (exact) mass is 197 g/mol. The van der Waals surface area contributed by atoms with E-state index in [2.05, 4.69) is 21.0 Å². The van der Waals surface area contributed by atoms with Crippen molar-refractivity contribution in [1.29, 1.82) is 0 Å². The zero-order valence-corrected chi connectivity index (χ0v) is 6.90. The summed E-state index contributed by atoms with van der Waals surface area (Å²) in [5, 5.41) is 0. The van der Waals surface area contributed by atoms with Gasteiger partial charge in [0, 0.05) is 0 Å². The summed E-state index contributed by atoms with van der Waals surface area (Å²) in [6.07, 6.45) is 3.80. The van der Waals surface area contributed by atoms with Crippen LogP contribution in [-0.4, -0.2) is 25.4 Å². The minimum atomic E-state index is 0.983. The number of imidazole rings is 1. The van der Waals surface area contributed by atoms with Crippen molar-refractivity contribution in [1.82, 2.24) is 9.38 Å². The molecule has 0 aliphatic rings. The van der Waals surface area contributed by atoms with Crippen LogP contribution in [0.3, 0.4) is 0 Å².